The van der Waals surface area contributed by atoms with Crippen molar-refractivity contribution in [3.05, 3.63) is 53.2 Å². The fraction of sp³-hybridized carbons (Fsp3) is 0.348. The second-order valence-corrected chi connectivity index (χ2v) is 8.00. The van der Waals surface area contributed by atoms with Gasteiger partial charge in [-0.3, -0.25) is 14.4 Å². The minimum atomic E-state index is -0.729. The topological polar surface area (TPSA) is 127 Å². The van der Waals surface area contributed by atoms with Gasteiger partial charge in [0, 0.05) is 26.2 Å². The van der Waals surface area contributed by atoms with E-state index in [4.69, 9.17) is 4.74 Å². The number of aldehydes is 1. The molecular weight excluding hydrogens is 443 g/mol. The van der Waals surface area contributed by atoms with Crippen molar-refractivity contribution in [2.75, 3.05) is 25.5 Å². The number of hydrogen-bond donors (Lipinski definition) is 3. The number of rotatable bonds is 10. The first-order chi connectivity index (χ1) is 16.5. The third kappa shape index (κ3) is 4.98. The lowest BCUT2D eigenvalue weighted by atomic mass is 9.85. The zero-order chi connectivity index (χ0) is 24.1. The summed E-state index contributed by atoms with van der Waals surface area (Å²) < 4.78 is 20.7. The Hall–Kier alpha value is -4.02. The SMILES string of the molecule is CNc1cc(CNC(=O)c2cc(C(=O)NCC3CCC3)n3ncc(F)c3n2)ccc1OCC=O. The number of hydrogen-bond acceptors (Lipinski definition) is 7. The Morgan fingerprint density at radius 3 is 2.76 bits per heavy atom. The van der Waals surface area contributed by atoms with Crippen LogP contribution < -0.4 is 20.7 Å². The van der Waals surface area contributed by atoms with Crippen molar-refractivity contribution in [1.29, 1.82) is 0 Å². The van der Waals surface area contributed by atoms with Crippen LogP contribution in [0.3, 0.4) is 0 Å². The van der Waals surface area contributed by atoms with Crippen LogP contribution in [0.4, 0.5) is 10.1 Å². The van der Waals surface area contributed by atoms with E-state index >= 15 is 0 Å². The Balaban J connectivity index is 1.50. The van der Waals surface area contributed by atoms with E-state index < -0.39 is 17.6 Å². The van der Waals surface area contributed by atoms with Crippen LogP contribution in [-0.2, 0) is 11.3 Å². The molecule has 2 heterocycles. The molecule has 2 aromatic heterocycles. The van der Waals surface area contributed by atoms with Crippen molar-refractivity contribution >= 4 is 29.4 Å². The highest BCUT2D eigenvalue weighted by Crippen LogP contribution is 2.26. The lowest BCUT2D eigenvalue weighted by molar-refractivity contribution is -0.109. The zero-order valence-electron chi connectivity index (χ0n) is 18.6. The van der Waals surface area contributed by atoms with Gasteiger partial charge in [-0.15, -0.1) is 0 Å². The van der Waals surface area contributed by atoms with E-state index in [0.29, 0.717) is 30.2 Å². The minimum Gasteiger partial charge on any atom is -0.484 e. The molecule has 34 heavy (non-hydrogen) atoms. The van der Waals surface area contributed by atoms with Gasteiger partial charge in [0.05, 0.1) is 11.9 Å². The summed E-state index contributed by atoms with van der Waals surface area (Å²) >= 11 is 0. The molecule has 0 unspecified atom stereocenters. The monoisotopic (exact) mass is 468 g/mol. The molecular formula is C23H25FN6O4. The Bertz CT molecular complexity index is 1220. The zero-order valence-corrected chi connectivity index (χ0v) is 18.6. The van der Waals surface area contributed by atoms with Crippen LogP contribution in [0.5, 0.6) is 5.75 Å². The molecule has 178 valence electrons. The van der Waals surface area contributed by atoms with Crippen LogP contribution in [0.2, 0.25) is 0 Å². The lowest BCUT2D eigenvalue weighted by Gasteiger charge is -2.25. The normalized spacial score (nSPS) is 13.2. The van der Waals surface area contributed by atoms with E-state index in [9.17, 15) is 18.8 Å². The molecule has 1 saturated carbocycles. The van der Waals surface area contributed by atoms with E-state index in [2.05, 4.69) is 26.0 Å². The summed E-state index contributed by atoms with van der Waals surface area (Å²) in [5.74, 6) is -0.793. The van der Waals surface area contributed by atoms with Crippen molar-refractivity contribution < 1.29 is 23.5 Å². The predicted molar refractivity (Wildman–Crippen MR) is 121 cm³/mol. The number of fused-ring (bicyclic) bond motifs is 1. The fourth-order valence-corrected chi connectivity index (χ4v) is 3.64. The second-order valence-electron chi connectivity index (χ2n) is 8.00. The van der Waals surface area contributed by atoms with Crippen LogP contribution in [0.25, 0.3) is 5.65 Å². The van der Waals surface area contributed by atoms with E-state index in [1.807, 2.05) is 0 Å². The number of nitrogens with one attached hydrogen (secondary N) is 3. The maximum atomic E-state index is 14.2. The number of benzene rings is 1. The smallest absolute Gasteiger partial charge is 0.270 e. The molecule has 1 aromatic carbocycles. The number of amides is 2. The van der Waals surface area contributed by atoms with Gasteiger partial charge in [-0.2, -0.15) is 5.10 Å². The van der Waals surface area contributed by atoms with E-state index in [0.717, 1.165) is 35.5 Å². The number of aromatic nitrogens is 3. The average molecular weight is 468 g/mol. The number of nitrogens with zero attached hydrogens (tertiary/aromatic N) is 3. The first-order valence-corrected chi connectivity index (χ1v) is 11.0. The second kappa shape index (κ2) is 10.3. The largest absolute Gasteiger partial charge is 0.484 e. The molecule has 4 rings (SSSR count). The predicted octanol–water partition coefficient (Wildman–Crippen LogP) is 1.95. The summed E-state index contributed by atoms with van der Waals surface area (Å²) in [7, 11) is 1.71. The maximum Gasteiger partial charge on any atom is 0.270 e. The Morgan fingerprint density at radius 2 is 2.06 bits per heavy atom. The van der Waals surface area contributed by atoms with Gasteiger partial charge in [0.1, 0.15) is 23.7 Å². The minimum absolute atomic E-state index is 0.0347. The number of ether oxygens (including phenoxy) is 1. The summed E-state index contributed by atoms with van der Waals surface area (Å²) in [5.41, 5.74) is 1.15. The molecule has 1 aliphatic carbocycles. The number of carbonyl (C=O) groups is 3. The molecule has 0 spiro atoms. The molecule has 1 aliphatic rings. The molecule has 0 saturated heterocycles. The molecule has 3 aromatic rings. The van der Waals surface area contributed by atoms with Crippen molar-refractivity contribution in [3.63, 3.8) is 0 Å². The van der Waals surface area contributed by atoms with Gasteiger partial charge in [0.15, 0.2) is 17.8 Å². The van der Waals surface area contributed by atoms with Gasteiger partial charge >= 0.3 is 0 Å². The van der Waals surface area contributed by atoms with Gasteiger partial charge < -0.3 is 20.7 Å². The molecule has 11 heteroatoms. The molecule has 0 radical (unpaired) electrons. The summed E-state index contributed by atoms with van der Waals surface area (Å²) in [6.07, 6.45) is 4.90. The average Bonchev–Trinajstić information content (AvgIpc) is 3.20. The van der Waals surface area contributed by atoms with Crippen LogP contribution in [0.15, 0.2) is 30.5 Å². The Kier molecular flexibility index (Phi) is 7.00. The molecule has 1 fully saturated rings. The van der Waals surface area contributed by atoms with Crippen molar-refractivity contribution in [1.82, 2.24) is 25.2 Å². The lowest BCUT2D eigenvalue weighted by Crippen LogP contribution is -2.34. The highest BCUT2D eigenvalue weighted by Gasteiger charge is 2.22. The molecule has 0 aliphatic heterocycles. The van der Waals surface area contributed by atoms with Gasteiger partial charge in [-0.25, -0.2) is 13.9 Å². The third-order valence-corrected chi connectivity index (χ3v) is 5.74. The fourth-order valence-electron chi connectivity index (χ4n) is 3.64. The Labute approximate surface area is 194 Å². The first kappa shape index (κ1) is 23.1. The highest BCUT2D eigenvalue weighted by molar-refractivity contribution is 5.98. The number of carbonyl (C=O) groups excluding carboxylic acids is 3. The highest BCUT2D eigenvalue weighted by atomic mass is 19.1. The van der Waals surface area contributed by atoms with Gasteiger partial charge in [-0.05, 0) is 36.5 Å². The van der Waals surface area contributed by atoms with Crippen molar-refractivity contribution in [2.45, 2.75) is 25.8 Å². The molecule has 0 atom stereocenters. The van der Waals surface area contributed by atoms with Crippen molar-refractivity contribution in [2.24, 2.45) is 5.92 Å². The standard InChI is InChI=1S/C23H25FN6O4/c1-25-17-9-15(5-6-20(17)34-8-7-31)12-26-22(32)18-10-19(23(33)27-11-14-3-2-4-14)30-21(29-18)16(24)13-28-30/h5-7,9-10,13-14,25H,2-4,8,11-12H2,1H3,(H,26,32)(H,27,33). The summed E-state index contributed by atoms with van der Waals surface area (Å²) in [4.78, 5) is 40.2. The van der Waals surface area contributed by atoms with Crippen LogP contribution in [0, 0.1) is 11.7 Å². The Morgan fingerprint density at radius 1 is 1.24 bits per heavy atom. The number of anilines is 1. The summed E-state index contributed by atoms with van der Waals surface area (Å²) in [6, 6.07) is 6.51. The maximum absolute atomic E-state index is 14.2. The summed E-state index contributed by atoms with van der Waals surface area (Å²) in [5, 5.41) is 12.4. The van der Waals surface area contributed by atoms with Gasteiger partial charge in [0.25, 0.3) is 11.8 Å². The molecule has 3 N–H and O–H groups in total. The first-order valence-electron chi connectivity index (χ1n) is 11.0. The summed E-state index contributed by atoms with van der Waals surface area (Å²) in [6.45, 7) is 0.605. The van der Waals surface area contributed by atoms with Crippen LogP contribution in [-0.4, -0.2) is 52.9 Å². The van der Waals surface area contributed by atoms with Crippen molar-refractivity contribution in [3.8, 4) is 5.75 Å². The quantitative estimate of drug-likeness (QED) is 0.388. The number of halogens is 1. The van der Waals surface area contributed by atoms with E-state index in [1.165, 1.54) is 6.07 Å². The molecule has 2 amide bonds. The van der Waals surface area contributed by atoms with E-state index in [-0.39, 0.29) is 30.2 Å². The molecule has 10 nitrogen and oxygen atoms in total. The third-order valence-electron chi connectivity index (χ3n) is 5.74. The van der Waals surface area contributed by atoms with E-state index in [1.54, 1.807) is 25.2 Å². The van der Waals surface area contributed by atoms with Crippen LogP contribution >= 0.6 is 0 Å². The molecule has 0 bridgehead atoms. The van der Waals surface area contributed by atoms with Gasteiger partial charge in [0.2, 0.25) is 0 Å². The van der Waals surface area contributed by atoms with Gasteiger partial charge in [-0.1, -0.05) is 12.5 Å². The van der Waals surface area contributed by atoms with Crippen LogP contribution in [0.1, 0.15) is 45.8 Å².